The molecule has 1 aliphatic carbocycles. The number of rotatable bonds is 4. The SMILES string of the molecule is O=C(C(Br)Cc1cccc(C(F)(F)F)c1)C1CC1. The Morgan fingerprint density at radius 2 is 2.06 bits per heavy atom. The summed E-state index contributed by atoms with van der Waals surface area (Å²) in [5.74, 6) is 0.215. The lowest BCUT2D eigenvalue weighted by Gasteiger charge is -2.11. The largest absolute Gasteiger partial charge is 0.416 e. The van der Waals surface area contributed by atoms with E-state index >= 15 is 0 Å². The van der Waals surface area contributed by atoms with Crippen LogP contribution < -0.4 is 0 Å². The molecule has 18 heavy (non-hydrogen) atoms. The number of hydrogen-bond donors (Lipinski definition) is 0. The van der Waals surface area contributed by atoms with E-state index in [2.05, 4.69) is 15.9 Å². The summed E-state index contributed by atoms with van der Waals surface area (Å²) < 4.78 is 37.6. The summed E-state index contributed by atoms with van der Waals surface area (Å²) >= 11 is 3.26. The number of hydrogen-bond acceptors (Lipinski definition) is 1. The van der Waals surface area contributed by atoms with E-state index in [0.29, 0.717) is 12.0 Å². The van der Waals surface area contributed by atoms with Gasteiger partial charge in [-0.25, -0.2) is 0 Å². The van der Waals surface area contributed by atoms with Crippen molar-refractivity contribution in [2.45, 2.75) is 30.3 Å². The average molecular weight is 321 g/mol. The fourth-order valence-corrected chi connectivity index (χ4v) is 2.55. The third-order valence-electron chi connectivity index (χ3n) is 2.96. The maximum Gasteiger partial charge on any atom is 0.416 e. The van der Waals surface area contributed by atoms with E-state index < -0.39 is 11.7 Å². The fraction of sp³-hybridized carbons (Fsp3) is 0.462. The second kappa shape index (κ2) is 5.03. The van der Waals surface area contributed by atoms with Crippen LogP contribution in [0, 0.1) is 5.92 Å². The zero-order valence-corrected chi connectivity index (χ0v) is 11.1. The van der Waals surface area contributed by atoms with Crippen molar-refractivity contribution in [3.63, 3.8) is 0 Å². The molecule has 0 aliphatic heterocycles. The van der Waals surface area contributed by atoms with Crippen molar-refractivity contribution in [3.8, 4) is 0 Å². The van der Waals surface area contributed by atoms with Gasteiger partial charge >= 0.3 is 6.18 Å². The maximum absolute atomic E-state index is 12.5. The quantitative estimate of drug-likeness (QED) is 0.767. The van der Waals surface area contributed by atoms with Crippen LogP contribution >= 0.6 is 15.9 Å². The normalized spacial score (nSPS) is 17.6. The highest BCUT2D eigenvalue weighted by atomic mass is 79.9. The van der Waals surface area contributed by atoms with Gasteiger partial charge in [0, 0.05) is 5.92 Å². The molecule has 0 aromatic heterocycles. The van der Waals surface area contributed by atoms with Crippen LogP contribution in [0.2, 0.25) is 0 Å². The molecule has 1 aromatic rings. The van der Waals surface area contributed by atoms with Gasteiger partial charge in [-0.15, -0.1) is 0 Å². The summed E-state index contributed by atoms with van der Waals surface area (Å²) in [7, 11) is 0. The number of halogens is 4. The van der Waals surface area contributed by atoms with Crippen LogP contribution in [-0.4, -0.2) is 10.6 Å². The molecule has 0 bridgehead atoms. The predicted molar refractivity (Wildman–Crippen MR) is 65.6 cm³/mol. The minimum Gasteiger partial charge on any atom is -0.298 e. The van der Waals surface area contributed by atoms with Gasteiger partial charge in [0.1, 0.15) is 5.78 Å². The van der Waals surface area contributed by atoms with Crippen molar-refractivity contribution in [2.24, 2.45) is 5.92 Å². The maximum atomic E-state index is 12.5. The van der Waals surface area contributed by atoms with E-state index in [0.717, 1.165) is 25.0 Å². The molecule has 0 amide bonds. The van der Waals surface area contributed by atoms with E-state index in [1.54, 1.807) is 6.07 Å². The van der Waals surface area contributed by atoms with Crippen LogP contribution in [0.4, 0.5) is 13.2 Å². The van der Waals surface area contributed by atoms with Crippen molar-refractivity contribution in [1.29, 1.82) is 0 Å². The smallest absolute Gasteiger partial charge is 0.298 e. The first-order valence-corrected chi connectivity index (χ1v) is 6.63. The lowest BCUT2D eigenvalue weighted by molar-refractivity contribution is -0.137. The van der Waals surface area contributed by atoms with Gasteiger partial charge in [0.05, 0.1) is 10.4 Å². The predicted octanol–water partition coefficient (Wildman–Crippen LogP) is 3.99. The average Bonchev–Trinajstić information content (AvgIpc) is 3.11. The third-order valence-corrected chi connectivity index (χ3v) is 3.73. The first-order chi connectivity index (χ1) is 8.38. The van der Waals surface area contributed by atoms with E-state index in [1.165, 1.54) is 6.07 Å². The second-order valence-electron chi connectivity index (χ2n) is 4.55. The summed E-state index contributed by atoms with van der Waals surface area (Å²) in [6.07, 6.45) is -2.22. The van der Waals surface area contributed by atoms with Crippen LogP contribution in [-0.2, 0) is 17.4 Å². The Hall–Kier alpha value is -0.840. The molecule has 1 atom stereocenters. The second-order valence-corrected chi connectivity index (χ2v) is 5.65. The van der Waals surface area contributed by atoms with E-state index in [4.69, 9.17) is 0 Å². The Labute approximate surface area is 112 Å². The lowest BCUT2D eigenvalue weighted by atomic mass is 10.0. The molecule has 0 spiro atoms. The number of alkyl halides is 4. The molecular weight excluding hydrogens is 309 g/mol. The van der Waals surface area contributed by atoms with E-state index in [1.807, 2.05) is 0 Å². The molecule has 1 nitrogen and oxygen atoms in total. The van der Waals surface area contributed by atoms with Gasteiger partial charge in [0.15, 0.2) is 0 Å². The molecule has 1 saturated carbocycles. The van der Waals surface area contributed by atoms with Crippen molar-refractivity contribution < 1.29 is 18.0 Å². The van der Waals surface area contributed by atoms with Gasteiger partial charge in [-0.05, 0) is 30.9 Å². The van der Waals surface area contributed by atoms with Crippen molar-refractivity contribution in [3.05, 3.63) is 35.4 Å². The molecule has 5 heteroatoms. The first kappa shape index (κ1) is 13.6. The zero-order chi connectivity index (χ0) is 13.3. The van der Waals surface area contributed by atoms with Gasteiger partial charge in [-0.3, -0.25) is 4.79 Å². The standard InChI is InChI=1S/C13H12BrF3O/c14-11(12(18)9-4-5-9)7-8-2-1-3-10(6-8)13(15,16)17/h1-3,6,9,11H,4-5,7H2. The van der Waals surface area contributed by atoms with Crippen LogP contribution in [0.5, 0.6) is 0 Å². The van der Waals surface area contributed by atoms with Gasteiger partial charge in [0.25, 0.3) is 0 Å². The minimum absolute atomic E-state index is 0.104. The highest BCUT2D eigenvalue weighted by Crippen LogP contribution is 2.34. The fourth-order valence-electron chi connectivity index (χ4n) is 1.81. The molecule has 0 heterocycles. The first-order valence-electron chi connectivity index (χ1n) is 5.72. The zero-order valence-electron chi connectivity index (χ0n) is 9.51. The number of benzene rings is 1. The number of carbonyl (C=O) groups excluding carboxylic acids is 1. The highest BCUT2D eigenvalue weighted by molar-refractivity contribution is 9.10. The van der Waals surface area contributed by atoms with Crippen molar-refractivity contribution in [2.75, 3.05) is 0 Å². The Balaban J connectivity index is 2.07. The summed E-state index contributed by atoms with van der Waals surface area (Å²) in [4.78, 5) is 11.3. The number of carbonyl (C=O) groups is 1. The molecule has 2 rings (SSSR count). The van der Waals surface area contributed by atoms with E-state index in [9.17, 15) is 18.0 Å². The number of ketones is 1. The van der Waals surface area contributed by atoms with Crippen LogP contribution in [0.25, 0.3) is 0 Å². The van der Waals surface area contributed by atoms with Gasteiger partial charge in [-0.2, -0.15) is 13.2 Å². The summed E-state index contributed by atoms with van der Waals surface area (Å²) in [5, 5.41) is 0. The summed E-state index contributed by atoms with van der Waals surface area (Å²) in [6, 6.07) is 5.13. The topological polar surface area (TPSA) is 17.1 Å². The Morgan fingerprint density at radius 3 is 2.61 bits per heavy atom. The lowest BCUT2D eigenvalue weighted by Crippen LogP contribution is -2.18. The molecule has 98 valence electrons. The van der Waals surface area contributed by atoms with Gasteiger partial charge in [-0.1, -0.05) is 34.1 Å². The molecule has 1 aliphatic rings. The molecule has 0 N–H and O–H groups in total. The van der Waals surface area contributed by atoms with Gasteiger partial charge in [0.2, 0.25) is 0 Å². The summed E-state index contributed by atoms with van der Waals surface area (Å²) in [6.45, 7) is 0. The molecule has 1 aromatic carbocycles. The number of Topliss-reactive ketones (excluding diaryl/α,β-unsaturated/α-hetero) is 1. The molecule has 0 saturated heterocycles. The van der Waals surface area contributed by atoms with Crippen LogP contribution in [0.15, 0.2) is 24.3 Å². The van der Waals surface area contributed by atoms with Crippen LogP contribution in [0.1, 0.15) is 24.0 Å². The Kier molecular flexibility index (Phi) is 3.80. The molecular formula is C13H12BrF3O. The molecule has 0 radical (unpaired) electrons. The summed E-state index contributed by atoms with van der Waals surface area (Å²) in [5.41, 5.74) is -0.140. The Bertz CT molecular complexity index is 452. The third kappa shape index (κ3) is 3.34. The molecule has 1 unspecified atom stereocenters. The van der Waals surface area contributed by atoms with E-state index in [-0.39, 0.29) is 16.5 Å². The van der Waals surface area contributed by atoms with Crippen LogP contribution in [0.3, 0.4) is 0 Å². The molecule has 1 fully saturated rings. The minimum atomic E-state index is -4.33. The highest BCUT2D eigenvalue weighted by Gasteiger charge is 2.34. The van der Waals surface area contributed by atoms with Crippen molar-refractivity contribution in [1.82, 2.24) is 0 Å². The monoisotopic (exact) mass is 320 g/mol. The van der Waals surface area contributed by atoms with Crippen molar-refractivity contribution >= 4 is 21.7 Å². The Morgan fingerprint density at radius 1 is 1.39 bits per heavy atom. The van der Waals surface area contributed by atoms with Gasteiger partial charge < -0.3 is 0 Å².